The maximum Gasteiger partial charge on any atom is 1.00 e. The minimum atomic E-state index is -1.67. The summed E-state index contributed by atoms with van der Waals surface area (Å²) >= 11 is 19.5. The Morgan fingerprint density at radius 3 is 1.05 bits per heavy atom. The van der Waals surface area contributed by atoms with Gasteiger partial charge in [0, 0.05) is 163 Å². The summed E-state index contributed by atoms with van der Waals surface area (Å²) in [6.07, 6.45) is 23.2. The minimum Gasteiger partial charge on any atom is -1.00 e. The molecule has 1 aliphatic rings. The monoisotopic (exact) mass is 2380 g/mol. The van der Waals surface area contributed by atoms with Crippen LogP contribution in [0.15, 0.2) is 274 Å². The first kappa shape index (κ1) is 146. The third kappa shape index (κ3) is 42.0. The number of fused-ring (bicyclic) bond motifs is 6. The van der Waals surface area contributed by atoms with Gasteiger partial charge in [0.2, 0.25) is 9.23 Å². The van der Waals surface area contributed by atoms with Gasteiger partial charge in [-0.15, -0.1) is 11.6 Å². The molecule has 0 saturated carbocycles. The van der Waals surface area contributed by atoms with E-state index in [0.717, 1.165) is 138 Å². The van der Waals surface area contributed by atoms with Crippen molar-refractivity contribution in [2.75, 3.05) is 28.4 Å². The van der Waals surface area contributed by atoms with Gasteiger partial charge in [0.15, 0.2) is 23.0 Å². The molecule has 15 aromatic rings. The molecule has 7 heterocycles. The number of alkyl halides is 1. The quantitative estimate of drug-likeness (QED) is 0.0226. The first-order valence-electron chi connectivity index (χ1n) is 43.0. The number of methoxy groups -OCH3 is 4. The molecule has 0 spiro atoms. The third-order valence-corrected chi connectivity index (χ3v) is 25.1. The zero-order chi connectivity index (χ0) is 102. The number of benzene rings is 9. The van der Waals surface area contributed by atoms with Crippen LogP contribution in [0.4, 0.5) is 5.69 Å². The van der Waals surface area contributed by atoms with Crippen molar-refractivity contribution in [1.29, 1.82) is 10.5 Å². The van der Waals surface area contributed by atoms with Crippen LogP contribution in [-0.4, -0.2) is 144 Å². The second-order valence-electron chi connectivity index (χ2n) is 34.9. The Morgan fingerprint density at radius 1 is 0.460 bits per heavy atom. The first-order chi connectivity index (χ1) is 65.9. The number of hydrogen-bond acceptors (Lipinski definition) is 22. The Bertz CT molecular complexity index is 6960. The summed E-state index contributed by atoms with van der Waals surface area (Å²) in [6.45, 7) is 29.7. The molecule has 790 valence electrons. The van der Waals surface area contributed by atoms with Crippen LogP contribution < -0.4 is 43.2 Å². The molecule has 0 unspecified atom stereocenters. The molecule has 1 aliphatic heterocycles. The predicted molar refractivity (Wildman–Crippen MR) is 628 cm³/mol. The molecule has 0 atom stereocenters. The fourth-order valence-electron chi connectivity index (χ4n) is 14.0. The zero-order valence-corrected chi connectivity index (χ0v) is 91.2. The number of carboxylic acids is 1. The van der Waals surface area contributed by atoms with Crippen molar-refractivity contribution in [3.05, 3.63) is 330 Å². The maximum atomic E-state index is 12.0. The third-order valence-electron chi connectivity index (χ3n) is 22.3. The number of carbonyl (C=O) groups is 5. The van der Waals surface area contributed by atoms with Gasteiger partial charge in [0.1, 0.15) is 0 Å². The number of ether oxygens (including phenoxy) is 4. The van der Waals surface area contributed by atoms with Gasteiger partial charge in [0.25, 0.3) is 0 Å². The van der Waals surface area contributed by atoms with Crippen molar-refractivity contribution in [1.82, 2.24) is 29.9 Å². The van der Waals surface area contributed by atoms with Gasteiger partial charge in [-0.3, -0.25) is 49.1 Å². The summed E-state index contributed by atoms with van der Waals surface area (Å²) in [6, 6.07) is 62.0. The summed E-state index contributed by atoms with van der Waals surface area (Å²) in [7, 11) is 12.6. The van der Waals surface area contributed by atoms with E-state index in [1.165, 1.54) is 28.4 Å². The van der Waals surface area contributed by atoms with Crippen LogP contribution in [0.2, 0.25) is 0 Å². The van der Waals surface area contributed by atoms with Gasteiger partial charge in [-0.05, 0) is 284 Å². The van der Waals surface area contributed by atoms with Crippen LogP contribution in [0.1, 0.15) is 186 Å². The molecule has 0 radical (unpaired) electrons. The number of esters is 4. The number of hydrogen-bond donors (Lipinski definition) is 2. The van der Waals surface area contributed by atoms with Crippen molar-refractivity contribution in [3.8, 4) is 34.4 Å². The van der Waals surface area contributed by atoms with Gasteiger partial charge in [-0.2, -0.15) is 10.5 Å². The molecule has 36 heteroatoms. The first-order valence-corrected chi connectivity index (χ1v) is 49.6. The topological polar surface area (TPSA) is 358 Å². The molecule has 0 aliphatic carbocycles. The fraction of sp³-hybridized carbons (Fsp3) is 0.298. The van der Waals surface area contributed by atoms with Crippen LogP contribution in [-0.2, 0) is 88.4 Å². The summed E-state index contributed by atoms with van der Waals surface area (Å²) in [5, 5.41) is 48.9. The van der Waals surface area contributed by atoms with Crippen molar-refractivity contribution < 1.29 is 111 Å². The number of pyridine rings is 6. The van der Waals surface area contributed by atoms with E-state index in [-0.39, 0.29) is 169 Å². The van der Waals surface area contributed by atoms with E-state index in [1.54, 1.807) is 126 Å². The van der Waals surface area contributed by atoms with E-state index in [1.807, 2.05) is 195 Å². The number of nitriles is 2. The van der Waals surface area contributed by atoms with E-state index >= 15 is 0 Å². The number of carboxylic acid groups (broad SMARTS) is 1. The van der Waals surface area contributed by atoms with E-state index in [4.69, 9.17) is 56.8 Å². The Kier molecular flexibility index (Phi) is 67.0. The Hall–Kier alpha value is -10.2. The average molecular weight is 2380 g/mol. The minimum absolute atomic E-state index is 0. The van der Waals surface area contributed by atoms with Crippen LogP contribution in [0.25, 0.3) is 91.7 Å². The van der Waals surface area contributed by atoms with Gasteiger partial charge < -0.3 is 45.4 Å². The molecule has 9 aromatic carbocycles. The second kappa shape index (κ2) is 68.8. The van der Waals surface area contributed by atoms with E-state index in [0.29, 0.717) is 47.5 Å². The largest absolute Gasteiger partial charge is 1.00 e. The van der Waals surface area contributed by atoms with E-state index in [9.17, 15) is 29.1 Å². The van der Waals surface area contributed by atoms with Crippen LogP contribution >= 0.6 is 96.7 Å². The molecule has 16 rings (SSSR count). The van der Waals surface area contributed by atoms with Crippen molar-refractivity contribution >= 4 is 236 Å². The van der Waals surface area contributed by atoms with Gasteiger partial charge in [-0.1, -0.05) is 193 Å². The molecule has 24 nitrogen and oxygen atoms in total. The van der Waals surface area contributed by atoms with Crippen molar-refractivity contribution in [3.63, 3.8) is 0 Å². The Balaban J connectivity index is -0.000000539. The normalized spacial score (nSPS) is 11.2. The summed E-state index contributed by atoms with van der Waals surface area (Å²) in [5.41, 5.74) is 9.92. The molecule has 0 bridgehead atoms. The standard InChI is InChI=1S/C22H20N2O2.C21H18N2O2.C15H16BrNO2.C13H16BNO2.C11H8BrNO2.C10H7BrClN.C10H8BrNO.C5H10O2.7CH4.Al.Cl2OS.2Li.H2O.4H/c1-22(2,21(25)26-3)11-16-6-9-18-13-24-14-20(19(18)10-16)17-7-4-15(12-23)5-8-17;1-21(2,20(24)25)10-15-5-8-17-12-23-13-19(18(17)9-15)16-6-3-14(11-22)4-7-16;1-15(2,14(18)19-3)7-10-4-5-11-8-17-9-13(16)12(11)6-10;1-12(2)13(3,4)17-14(16-12)10-6-8-11(15-5)9-7-10;1-15-11(14)7-2-3-8-5-13-6-10(12)9(8)4-7;11-10-6-13-5-8-2-1-7(4-12)3-9(8)10;11-10-5-12-4-8-2-1-7(6-13)3-9(8)10;1-4(2)5(6)7-3;;;;;;;;;1-4(2)3;;;;;;;/h4-10,13-14H,11H2,1-3H3;3-9,12-13H,10H2,1-2H3,(H,24,25);4-6,8-9H,7H2,1-3H3;6-9H,1-4H3;2-6H,1H3;1-3,5-6H,4H2;1-5,13H,6H2;4H,1-3H3;7*1H4;;;;;1H2;;;;/q;;;;;;;;;;;;;;;;;2*+1;;;;;-1/p-1. The van der Waals surface area contributed by atoms with E-state index in [2.05, 4.69) is 160 Å². The molecule has 6 aromatic heterocycles. The molecule has 150 heavy (non-hydrogen) atoms. The van der Waals surface area contributed by atoms with E-state index < -0.39 is 31.4 Å². The number of halogens is 7. The van der Waals surface area contributed by atoms with Gasteiger partial charge in [-0.25, -0.2) is 13.8 Å². The number of aromatic nitrogens is 6. The maximum absolute atomic E-state index is 12.0. The van der Waals surface area contributed by atoms with Crippen LogP contribution in [0.5, 0.6) is 0 Å². The number of carbonyl (C=O) groups excluding carboxylic acids is 4. The summed E-state index contributed by atoms with van der Waals surface area (Å²) < 4.78 is 43.5. The number of rotatable bonds is 16. The van der Waals surface area contributed by atoms with Crippen molar-refractivity contribution in [2.45, 2.75) is 178 Å². The smallest absolute Gasteiger partial charge is 1.00 e. The number of aliphatic hydroxyl groups excluding tert-OH is 1. The fourth-order valence-corrected chi connectivity index (χ4v) is 16.0. The van der Waals surface area contributed by atoms with Crippen LogP contribution in [0.3, 0.4) is 0 Å². The van der Waals surface area contributed by atoms with Crippen LogP contribution in [0, 0.1) is 51.4 Å². The van der Waals surface area contributed by atoms with Gasteiger partial charge in [0.05, 0.1) is 104 Å². The molecule has 3 N–H and O–H groups in total. The summed E-state index contributed by atoms with van der Waals surface area (Å²) in [5.74, 6) is -1.16. The predicted octanol–water partition coefficient (Wildman–Crippen LogP) is 23.3. The SMILES string of the molecule is C.C.C.C.C.C.C.CC(C)(Cc1ccc2cncc(-c3ccc(C#N)cc3)c2c1)C(=O)O.COC(=O)C(C)(C)Cc1ccc2cncc(-c3ccc(C#N)cc3)c2c1.COC(=O)C(C)(C)Cc1ccc2cncc(Br)c2c1.COC(=O)C(C)C.COC(=O)c1ccc2cncc(Br)c2c1.ClCc1ccc2cncc(Br)c2c1.O=S(Cl)Cl.OCc1ccc2cncc(Br)c2c1.[AlH3].[C-]#[N+]c1ccc(B2OC(C)(C)C(C)(C)O2)cc1.[H-].[Li+].[Li+].[OH-]. The average Bonchev–Trinajstić information content (AvgIpc) is 1.72. The summed E-state index contributed by atoms with van der Waals surface area (Å²) in [4.78, 5) is 85.1. The second-order valence-corrected chi connectivity index (χ2v) is 41.1. The molecule has 0 amide bonds. The molecule has 1 saturated heterocycles. The zero-order valence-electron chi connectivity index (χ0n) is 82.8. The number of nitrogens with zero attached hydrogens (tertiary/aromatic N) is 9. The molecular weight excluding hydrogens is 2250 g/mol. The Labute approximate surface area is 971 Å². The Morgan fingerprint density at radius 2 is 0.753 bits per heavy atom. The molecular formula is C114H136AlBBr4Cl3Li2N9O15S. The van der Waals surface area contributed by atoms with Gasteiger partial charge >= 0.3 is 74.7 Å². The molecule has 1 fully saturated rings. The number of aliphatic hydroxyl groups is 1. The van der Waals surface area contributed by atoms with Crippen molar-refractivity contribution in [2.24, 2.45) is 22.2 Å². The number of aliphatic carboxylic acids is 1.